The first-order valence-corrected chi connectivity index (χ1v) is 13.5. The second-order valence-electron chi connectivity index (χ2n) is 9.32. The lowest BCUT2D eigenvalue weighted by atomic mass is 10.00. The van der Waals surface area contributed by atoms with Gasteiger partial charge < -0.3 is 19.3 Å². The summed E-state index contributed by atoms with van der Waals surface area (Å²) in [6, 6.07) is 14.9. The van der Waals surface area contributed by atoms with Crippen molar-refractivity contribution in [3.63, 3.8) is 0 Å². The van der Waals surface area contributed by atoms with E-state index in [1.165, 1.54) is 10.9 Å². The smallest absolute Gasteiger partial charge is 0.254 e. The minimum Gasteiger partial charge on any atom is -0.497 e. The summed E-state index contributed by atoms with van der Waals surface area (Å²) >= 11 is 1.65. The maximum atomic E-state index is 14.2. The maximum Gasteiger partial charge on any atom is 0.254 e. The van der Waals surface area contributed by atoms with Gasteiger partial charge in [0, 0.05) is 23.5 Å². The van der Waals surface area contributed by atoms with E-state index in [-0.39, 0.29) is 42.7 Å². The second-order valence-corrected chi connectivity index (χ2v) is 10.3. The van der Waals surface area contributed by atoms with Gasteiger partial charge in [-0.3, -0.25) is 9.59 Å². The number of rotatable bonds is 10. The number of benzene rings is 2. The van der Waals surface area contributed by atoms with Gasteiger partial charge in [-0.15, -0.1) is 11.3 Å². The summed E-state index contributed by atoms with van der Waals surface area (Å²) in [6.07, 6.45) is 1.63. The molecule has 0 spiro atoms. The van der Waals surface area contributed by atoms with Gasteiger partial charge in [-0.2, -0.15) is 0 Å². The lowest BCUT2D eigenvalue weighted by Crippen LogP contribution is -2.48. The van der Waals surface area contributed by atoms with E-state index in [9.17, 15) is 14.0 Å². The van der Waals surface area contributed by atoms with Crippen LogP contribution in [0.4, 0.5) is 4.39 Å². The van der Waals surface area contributed by atoms with Gasteiger partial charge in [0.05, 0.1) is 13.2 Å². The Balaban J connectivity index is 1.56. The molecule has 8 heteroatoms. The summed E-state index contributed by atoms with van der Waals surface area (Å²) in [5, 5.41) is 2.01. The molecule has 2 atom stereocenters. The molecule has 0 unspecified atom stereocenters. The number of hydrogen-bond acceptors (Lipinski definition) is 5. The van der Waals surface area contributed by atoms with Crippen LogP contribution in [0.5, 0.6) is 11.5 Å². The number of hydrogen-bond donors (Lipinski definition) is 0. The third-order valence-corrected chi connectivity index (χ3v) is 7.80. The van der Waals surface area contributed by atoms with E-state index in [1.807, 2.05) is 11.4 Å². The van der Waals surface area contributed by atoms with Gasteiger partial charge in [-0.1, -0.05) is 38.5 Å². The van der Waals surface area contributed by atoms with E-state index >= 15 is 0 Å². The highest BCUT2D eigenvalue weighted by molar-refractivity contribution is 7.10. The minimum absolute atomic E-state index is 0.0456. The van der Waals surface area contributed by atoms with Crippen LogP contribution in [-0.4, -0.2) is 55.0 Å². The van der Waals surface area contributed by atoms with Crippen LogP contribution in [0.25, 0.3) is 0 Å². The van der Waals surface area contributed by atoms with Crippen molar-refractivity contribution in [1.82, 2.24) is 9.80 Å². The Morgan fingerprint density at radius 3 is 2.76 bits per heavy atom. The number of nitrogens with zero attached hydrogens (tertiary/aromatic N) is 2. The van der Waals surface area contributed by atoms with Crippen LogP contribution in [-0.2, 0) is 11.2 Å². The fourth-order valence-corrected chi connectivity index (χ4v) is 5.45. The molecule has 1 aliphatic rings. The normalized spacial score (nSPS) is 15.6. The van der Waals surface area contributed by atoms with E-state index < -0.39 is 5.82 Å². The van der Waals surface area contributed by atoms with Gasteiger partial charge >= 0.3 is 0 Å². The first-order valence-electron chi connectivity index (χ1n) is 12.6. The van der Waals surface area contributed by atoms with E-state index in [0.717, 1.165) is 18.4 Å². The van der Waals surface area contributed by atoms with Crippen molar-refractivity contribution in [3.05, 3.63) is 81.8 Å². The zero-order valence-corrected chi connectivity index (χ0v) is 22.3. The maximum absolute atomic E-state index is 14.2. The number of ether oxygens (including phenoxy) is 2. The van der Waals surface area contributed by atoms with Crippen LogP contribution in [0.2, 0.25) is 0 Å². The lowest BCUT2D eigenvalue weighted by Gasteiger charge is -2.37. The molecule has 196 valence electrons. The monoisotopic (exact) mass is 524 g/mol. The van der Waals surface area contributed by atoms with Gasteiger partial charge in [0.25, 0.3) is 5.91 Å². The molecular weight excluding hydrogens is 491 g/mol. The number of methoxy groups -OCH3 is 1. The Labute approximate surface area is 221 Å². The molecule has 2 heterocycles. The van der Waals surface area contributed by atoms with Gasteiger partial charge in [-0.25, -0.2) is 4.39 Å². The lowest BCUT2D eigenvalue weighted by molar-refractivity contribution is -0.135. The van der Waals surface area contributed by atoms with E-state index in [0.29, 0.717) is 24.4 Å². The van der Waals surface area contributed by atoms with Crippen molar-refractivity contribution in [1.29, 1.82) is 0 Å². The number of fused-ring (bicyclic) bond motifs is 1. The summed E-state index contributed by atoms with van der Waals surface area (Å²) < 4.78 is 25.4. The van der Waals surface area contributed by atoms with E-state index in [2.05, 4.69) is 13.8 Å². The summed E-state index contributed by atoms with van der Waals surface area (Å²) in [5.41, 5.74) is 1.50. The predicted octanol–water partition coefficient (Wildman–Crippen LogP) is 5.59. The van der Waals surface area contributed by atoms with Crippen LogP contribution < -0.4 is 9.47 Å². The molecule has 0 bridgehead atoms. The third kappa shape index (κ3) is 6.31. The Morgan fingerprint density at radius 2 is 2.00 bits per heavy atom. The largest absolute Gasteiger partial charge is 0.497 e. The Kier molecular flexibility index (Phi) is 8.82. The van der Waals surface area contributed by atoms with Crippen LogP contribution in [0.15, 0.2) is 60.0 Å². The van der Waals surface area contributed by atoms with Crippen molar-refractivity contribution in [3.8, 4) is 11.5 Å². The Bertz CT molecular complexity index is 1230. The standard InChI is InChI=1S/C29H33FN2O4S/c1-4-20(2)17-31(29(34)21-8-7-9-22(16-21)35-3)18-28(33)32-14-12-27-23(13-15-37-27)25(32)19-36-26-11-6-5-10-24(26)30/h5-11,13,15-16,20,25H,4,12,14,17-19H2,1-3H3/t20-,25-/m1/s1. The van der Waals surface area contributed by atoms with E-state index in [4.69, 9.17) is 9.47 Å². The zero-order chi connectivity index (χ0) is 26.4. The molecule has 6 nitrogen and oxygen atoms in total. The number of carbonyl (C=O) groups is 2. The molecule has 1 aliphatic heterocycles. The van der Waals surface area contributed by atoms with Crippen molar-refractivity contribution in [2.24, 2.45) is 5.92 Å². The van der Waals surface area contributed by atoms with Gasteiger partial charge in [-0.05, 0) is 59.7 Å². The quantitative estimate of drug-likeness (QED) is 0.347. The topological polar surface area (TPSA) is 59.1 Å². The number of carbonyl (C=O) groups excluding carboxylic acids is 2. The summed E-state index contributed by atoms with van der Waals surface area (Å²) in [5.74, 6) is 0.173. The minimum atomic E-state index is -0.439. The highest BCUT2D eigenvalue weighted by Gasteiger charge is 2.34. The summed E-state index contributed by atoms with van der Waals surface area (Å²) in [4.78, 5) is 31.9. The summed E-state index contributed by atoms with van der Waals surface area (Å²) in [7, 11) is 1.56. The van der Waals surface area contributed by atoms with Gasteiger partial charge in [0.1, 0.15) is 18.9 Å². The van der Waals surface area contributed by atoms with Crippen LogP contribution in [0, 0.1) is 11.7 Å². The average molecular weight is 525 g/mol. The molecule has 1 aromatic heterocycles. The molecule has 0 saturated heterocycles. The zero-order valence-electron chi connectivity index (χ0n) is 21.5. The molecule has 4 rings (SSSR count). The molecular formula is C29H33FN2O4S. The highest BCUT2D eigenvalue weighted by atomic mass is 32.1. The SMILES string of the molecule is CC[C@@H](C)CN(CC(=O)N1CCc2sccc2[C@H]1COc1ccccc1F)C(=O)c1cccc(OC)c1. The highest BCUT2D eigenvalue weighted by Crippen LogP contribution is 2.34. The van der Waals surface area contributed by atoms with Crippen molar-refractivity contribution in [2.45, 2.75) is 32.7 Å². The first kappa shape index (κ1) is 26.7. The fraction of sp³-hybridized carbons (Fsp3) is 0.379. The fourth-order valence-electron chi connectivity index (χ4n) is 4.52. The molecule has 0 radical (unpaired) electrons. The first-order chi connectivity index (χ1) is 17.9. The van der Waals surface area contributed by atoms with Crippen molar-refractivity contribution < 1.29 is 23.5 Å². The van der Waals surface area contributed by atoms with Gasteiger partial charge in [0.15, 0.2) is 11.6 Å². The molecule has 3 aromatic rings. The Hall–Kier alpha value is -3.39. The molecule has 0 N–H and O–H groups in total. The molecule has 2 amide bonds. The molecule has 0 aliphatic carbocycles. The van der Waals surface area contributed by atoms with E-state index in [1.54, 1.807) is 70.7 Å². The molecule has 0 saturated carbocycles. The van der Waals surface area contributed by atoms with Crippen LogP contribution in [0.3, 0.4) is 0 Å². The van der Waals surface area contributed by atoms with Crippen molar-refractivity contribution in [2.75, 3.05) is 33.4 Å². The summed E-state index contributed by atoms with van der Waals surface area (Å²) in [6.45, 7) is 5.20. The number of thiophene rings is 1. The van der Waals surface area contributed by atoms with Gasteiger partial charge in [0.2, 0.25) is 5.91 Å². The number of para-hydroxylation sites is 1. The van der Waals surface area contributed by atoms with Crippen LogP contribution >= 0.6 is 11.3 Å². The number of amides is 2. The predicted molar refractivity (Wildman–Crippen MR) is 143 cm³/mol. The van der Waals surface area contributed by atoms with Crippen LogP contribution in [0.1, 0.15) is 47.1 Å². The second kappa shape index (κ2) is 12.2. The molecule has 37 heavy (non-hydrogen) atoms. The number of halogens is 1. The van der Waals surface area contributed by atoms with Crippen molar-refractivity contribution >= 4 is 23.2 Å². The average Bonchev–Trinajstić information content (AvgIpc) is 3.40. The molecule has 0 fully saturated rings. The molecule has 2 aromatic carbocycles. The third-order valence-electron chi connectivity index (χ3n) is 6.81. The Morgan fingerprint density at radius 1 is 1.19 bits per heavy atom.